The molecule has 2 aromatic rings. The predicted octanol–water partition coefficient (Wildman–Crippen LogP) is 0.511. The van der Waals surface area contributed by atoms with Gasteiger partial charge in [-0.1, -0.05) is 0 Å². The minimum absolute atomic E-state index is 0.0683. The van der Waals surface area contributed by atoms with Crippen molar-refractivity contribution in [2.24, 2.45) is 7.05 Å². The molecule has 1 amide bonds. The average molecular weight is 397 g/mol. The summed E-state index contributed by atoms with van der Waals surface area (Å²) in [5, 5.41) is 36.3. The Bertz CT molecular complexity index is 969. The number of aryl methyl sites for hydroxylation is 1. The van der Waals surface area contributed by atoms with Gasteiger partial charge in [0.05, 0.1) is 12.6 Å². The summed E-state index contributed by atoms with van der Waals surface area (Å²) in [6.45, 7) is 1.24. The average Bonchev–Trinajstić information content (AvgIpc) is 3.40. The number of carbonyl (C=O) groups excluding carboxylic acids is 1. The number of pyridine rings is 1. The molecule has 4 rings (SSSR count). The number of hydrogen-bond acceptors (Lipinski definition) is 8. The van der Waals surface area contributed by atoms with E-state index in [2.05, 4.69) is 20.3 Å². The highest BCUT2D eigenvalue weighted by Crippen LogP contribution is 2.31. The van der Waals surface area contributed by atoms with Gasteiger partial charge in [0.25, 0.3) is 5.91 Å². The predicted molar refractivity (Wildman–Crippen MR) is 106 cm³/mol. The Morgan fingerprint density at radius 3 is 2.93 bits per heavy atom. The van der Waals surface area contributed by atoms with Gasteiger partial charge in [-0.15, -0.1) is 0 Å². The fourth-order valence-corrected chi connectivity index (χ4v) is 3.96. The summed E-state index contributed by atoms with van der Waals surface area (Å²) >= 11 is 0. The molecule has 3 N–H and O–H groups in total. The largest absolute Gasteiger partial charge is 0.394 e. The molecule has 2 saturated heterocycles. The molecule has 0 bridgehead atoms. The lowest BCUT2D eigenvalue weighted by molar-refractivity contribution is -0.128. The molecule has 2 aromatic heterocycles. The molecule has 0 aliphatic carbocycles. The fourth-order valence-electron chi connectivity index (χ4n) is 3.96. The topological polar surface area (TPSA) is 131 Å². The Hall–Kier alpha value is -3.16. The van der Waals surface area contributed by atoms with Crippen LogP contribution in [0.25, 0.3) is 0 Å². The van der Waals surface area contributed by atoms with Crippen LogP contribution in [0.15, 0.2) is 24.4 Å². The molecule has 4 heterocycles. The third-order valence-corrected chi connectivity index (χ3v) is 5.53. The van der Waals surface area contributed by atoms with Gasteiger partial charge in [0.2, 0.25) is 5.60 Å². The van der Waals surface area contributed by atoms with Gasteiger partial charge in [-0.2, -0.15) is 10.4 Å². The van der Waals surface area contributed by atoms with E-state index in [4.69, 9.17) is 5.26 Å². The summed E-state index contributed by atoms with van der Waals surface area (Å²) in [6, 6.07) is 7.02. The smallest absolute Gasteiger partial charge is 0.273 e. The van der Waals surface area contributed by atoms with Crippen LogP contribution in [0, 0.1) is 11.3 Å². The monoisotopic (exact) mass is 397 g/mol. The summed E-state index contributed by atoms with van der Waals surface area (Å²) in [6.07, 6.45) is 3.61. The molecular formula is C19H23N7O3. The first-order chi connectivity index (χ1) is 13.9. The van der Waals surface area contributed by atoms with Gasteiger partial charge in [-0.05, 0) is 18.9 Å². The molecule has 2 atom stereocenters. The lowest BCUT2D eigenvalue weighted by Crippen LogP contribution is -2.38. The van der Waals surface area contributed by atoms with E-state index in [1.54, 1.807) is 29.1 Å². The Labute approximate surface area is 168 Å². The quantitative estimate of drug-likeness (QED) is 0.622. The van der Waals surface area contributed by atoms with Crippen molar-refractivity contribution >= 4 is 29.0 Å². The Morgan fingerprint density at radius 2 is 2.21 bits per heavy atom. The summed E-state index contributed by atoms with van der Waals surface area (Å²) < 4.78 is 1.76. The van der Waals surface area contributed by atoms with Crippen LogP contribution in [0.2, 0.25) is 0 Å². The van der Waals surface area contributed by atoms with E-state index in [-0.39, 0.29) is 25.6 Å². The zero-order valence-corrected chi connectivity index (χ0v) is 16.1. The van der Waals surface area contributed by atoms with Crippen molar-refractivity contribution < 1.29 is 15.0 Å². The maximum atomic E-state index is 12.4. The second-order valence-corrected chi connectivity index (χ2v) is 7.39. The summed E-state index contributed by atoms with van der Waals surface area (Å²) in [5.41, 5.74) is -1.42. The second-order valence-electron chi connectivity index (χ2n) is 7.39. The van der Waals surface area contributed by atoms with Crippen LogP contribution in [0.3, 0.4) is 0 Å². The first-order valence-electron chi connectivity index (χ1n) is 9.55. The number of aliphatic hydroxyl groups excluding tert-OH is 1. The van der Waals surface area contributed by atoms with E-state index in [0.29, 0.717) is 17.3 Å². The molecule has 0 unspecified atom stereocenters. The van der Waals surface area contributed by atoms with Gasteiger partial charge < -0.3 is 25.3 Å². The van der Waals surface area contributed by atoms with Gasteiger partial charge in [-0.3, -0.25) is 9.48 Å². The zero-order valence-electron chi connectivity index (χ0n) is 16.1. The molecule has 0 saturated carbocycles. The fraction of sp³-hybridized carbons (Fsp3) is 0.474. The molecule has 0 spiro atoms. The van der Waals surface area contributed by atoms with Crippen LogP contribution in [-0.2, 0) is 11.8 Å². The molecule has 2 aliphatic heterocycles. The van der Waals surface area contributed by atoms with Gasteiger partial charge in [0.1, 0.15) is 17.7 Å². The molecule has 2 aliphatic rings. The highest BCUT2D eigenvalue weighted by molar-refractivity contribution is 6.03. The van der Waals surface area contributed by atoms with Gasteiger partial charge >= 0.3 is 0 Å². The lowest BCUT2D eigenvalue weighted by Gasteiger charge is -2.24. The Balaban J connectivity index is 1.53. The number of rotatable bonds is 5. The third-order valence-electron chi connectivity index (χ3n) is 5.53. The van der Waals surface area contributed by atoms with E-state index >= 15 is 0 Å². The molecule has 10 nitrogen and oxygen atoms in total. The first kappa shape index (κ1) is 19.2. The molecule has 29 heavy (non-hydrogen) atoms. The maximum absolute atomic E-state index is 12.4. The van der Waals surface area contributed by atoms with Crippen molar-refractivity contribution in [1.29, 1.82) is 5.26 Å². The van der Waals surface area contributed by atoms with Crippen LogP contribution in [-0.4, -0.2) is 62.2 Å². The number of carbonyl (C=O) groups is 1. The number of amides is 1. The number of nitriles is 1. The lowest BCUT2D eigenvalue weighted by atomic mass is 10.1. The van der Waals surface area contributed by atoms with Crippen LogP contribution in [0.5, 0.6) is 0 Å². The molecular weight excluding hydrogens is 374 g/mol. The molecule has 0 aromatic carbocycles. The molecule has 0 radical (unpaired) electrons. The number of hydrogen-bond donors (Lipinski definition) is 3. The van der Waals surface area contributed by atoms with Crippen LogP contribution in [0.1, 0.15) is 19.3 Å². The first-order valence-corrected chi connectivity index (χ1v) is 9.55. The Morgan fingerprint density at radius 1 is 1.38 bits per heavy atom. The molecule has 2 fully saturated rings. The SMILES string of the molecule is Cn1nc(Nc2cc(N3CC[C@](O)(C#N)C3=O)ccn2)cc1N1CCC[C@@H]1CO. The van der Waals surface area contributed by atoms with E-state index in [0.717, 1.165) is 25.2 Å². The standard InChI is InChI=1S/C19H23N7O3/c1-24-17(25-7-2-3-14(25)11-27)10-16(23-24)22-15-9-13(4-6-21-15)26-8-5-19(29,12-20)18(26)28/h4,6,9-10,14,27,29H,2-3,5,7-8,11H2,1H3,(H,21,22,23)/t14-,19+/m1/s1. The van der Waals surface area contributed by atoms with Crippen molar-refractivity contribution in [2.75, 3.05) is 34.8 Å². The highest BCUT2D eigenvalue weighted by atomic mass is 16.3. The van der Waals surface area contributed by atoms with Crippen molar-refractivity contribution in [1.82, 2.24) is 14.8 Å². The normalized spacial score (nSPS) is 24.2. The molecule has 10 heteroatoms. The third kappa shape index (κ3) is 3.39. The van der Waals surface area contributed by atoms with Crippen molar-refractivity contribution in [3.8, 4) is 6.07 Å². The number of aliphatic hydroxyl groups is 2. The van der Waals surface area contributed by atoms with Gasteiger partial charge in [-0.25, -0.2) is 4.98 Å². The van der Waals surface area contributed by atoms with E-state index in [9.17, 15) is 15.0 Å². The van der Waals surface area contributed by atoms with Crippen LogP contribution >= 0.6 is 0 Å². The zero-order chi connectivity index (χ0) is 20.6. The van der Waals surface area contributed by atoms with Gasteiger partial charge in [0, 0.05) is 50.6 Å². The minimum Gasteiger partial charge on any atom is -0.394 e. The summed E-state index contributed by atoms with van der Waals surface area (Å²) in [7, 11) is 1.85. The van der Waals surface area contributed by atoms with Crippen molar-refractivity contribution in [3.05, 3.63) is 24.4 Å². The van der Waals surface area contributed by atoms with Crippen molar-refractivity contribution in [3.63, 3.8) is 0 Å². The highest BCUT2D eigenvalue weighted by Gasteiger charge is 2.46. The second kappa shape index (κ2) is 7.35. The Kier molecular flexibility index (Phi) is 4.86. The molecule has 152 valence electrons. The number of anilines is 4. The van der Waals surface area contributed by atoms with Gasteiger partial charge in [0.15, 0.2) is 5.82 Å². The summed E-state index contributed by atoms with van der Waals surface area (Å²) in [5.74, 6) is 1.37. The van der Waals surface area contributed by atoms with Crippen LogP contribution in [0.4, 0.5) is 23.1 Å². The van der Waals surface area contributed by atoms with E-state index in [1.165, 1.54) is 4.90 Å². The van der Waals surface area contributed by atoms with E-state index in [1.807, 2.05) is 13.1 Å². The maximum Gasteiger partial charge on any atom is 0.273 e. The van der Waals surface area contributed by atoms with E-state index < -0.39 is 11.5 Å². The van der Waals surface area contributed by atoms with Crippen molar-refractivity contribution in [2.45, 2.75) is 30.9 Å². The number of nitrogens with one attached hydrogen (secondary N) is 1. The summed E-state index contributed by atoms with van der Waals surface area (Å²) in [4.78, 5) is 20.2. The van der Waals surface area contributed by atoms with Crippen LogP contribution < -0.4 is 15.1 Å². The number of nitrogens with zero attached hydrogens (tertiary/aromatic N) is 6. The minimum atomic E-state index is -1.97. The number of aromatic nitrogens is 3.